The van der Waals surface area contributed by atoms with Crippen molar-refractivity contribution in [2.24, 2.45) is 0 Å². The molecule has 1 heterocycles. The highest BCUT2D eigenvalue weighted by molar-refractivity contribution is 5.77. The van der Waals surface area contributed by atoms with Gasteiger partial charge in [-0.05, 0) is 32.0 Å². The van der Waals surface area contributed by atoms with Crippen molar-refractivity contribution in [3.63, 3.8) is 0 Å². The summed E-state index contributed by atoms with van der Waals surface area (Å²) in [4.78, 5) is 17.4. The summed E-state index contributed by atoms with van der Waals surface area (Å²) in [7, 11) is 1.64. The maximum Gasteiger partial charge on any atom is 0.261 e. The lowest BCUT2D eigenvalue weighted by molar-refractivity contribution is 0.184. The van der Waals surface area contributed by atoms with Crippen molar-refractivity contribution in [1.82, 2.24) is 14.9 Å². The number of aromatic nitrogens is 2. The summed E-state index contributed by atoms with van der Waals surface area (Å²) < 4.78 is 6.87. The molecule has 0 aliphatic heterocycles. The fourth-order valence-electron chi connectivity index (χ4n) is 2.50. The zero-order valence-corrected chi connectivity index (χ0v) is 13.6. The highest BCUT2D eigenvalue weighted by atomic mass is 16.5. The first-order valence-corrected chi connectivity index (χ1v) is 7.90. The third-order valence-corrected chi connectivity index (χ3v) is 3.78. The van der Waals surface area contributed by atoms with Gasteiger partial charge in [-0.1, -0.05) is 25.5 Å². The lowest BCUT2D eigenvalue weighted by Crippen LogP contribution is -2.32. The summed E-state index contributed by atoms with van der Waals surface area (Å²) in [6.07, 6.45) is 2.25. The standard InChI is InChI=1S/C17H25N3O2/c1-4-5-10-18-13(2)16-19-15-9-7-6-8-14(15)17(21)20(16)11-12-22-3/h6-9,13,18H,4-5,10-12H2,1-3H3/t13-/m1/s1. The summed E-state index contributed by atoms with van der Waals surface area (Å²) in [6.45, 7) is 6.15. The van der Waals surface area contributed by atoms with E-state index in [4.69, 9.17) is 9.72 Å². The third-order valence-electron chi connectivity index (χ3n) is 3.78. The summed E-state index contributed by atoms with van der Waals surface area (Å²) >= 11 is 0. The van der Waals surface area contributed by atoms with E-state index in [0.717, 1.165) is 30.7 Å². The van der Waals surface area contributed by atoms with Crippen molar-refractivity contribution < 1.29 is 4.74 Å². The van der Waals surface area contributed by atoms with E-state index in [-0.39, 0.29) is 11.6 Å². The van der Waals surface area contributed by atoms with Gasteiger partial charge in [0.1, 0.15) is 5.82 Å². The van der Waals surface area contributed by atoms with Crippen molar-refractivity contribution in [1.29, 1.82) is 0 Å². The van der Waals surface area contributed by atoms with E-state index in [0.29, 0.717) is 18.5 Å². The summed E-state index contributed by atoms with van der Waals surface area (Å²) in [5, 5.41) is 4.10. The van der Waals surface area contributed by atoms with Crippen LogP contribution in [0.2, 0.25) is 0 Å². The molecule has 1 aromatic heterocycles. The lowest BCUT2D eigenvalue weighted by Gasteiger charge is -2.19. The molecule has 22 heavy (non-hydrogen) atoms. The van der Waals surface area contributed by atoms with Crippen molar-refractivity contribution in [3.8, 4) is 0 Å². The van der Waals surface area contributed by atoms with Crippen LogP contribution in [0.4, 0.5) is 0 Å². The zero-order chi connectivity index (χ0) is 15.9. The van der Waals surface area contributed by atoms with E-state index in [9.17, 15) is 4.79 Å². The molecular weight excluding hydrogens is 278 g/mol. The largest absolute Gasteiger partial charge is 0.383 e. The number of hydrogen-bond acceptors (Lipinski definition) is 4. The summed E-state index contributed by atoms with van der Waals surface area (Å²) in [6, 6.07) is 7.52. The fourth-order valence-corrected chi connectivity index (χ4v) is 2.50. The molecule has 0 aliphatic carbocycles. The third kappa shape index (κ3) is 3.72. The molecule has 5 heteroatoms. The maximum absolute atomic E-state index is 12.7. The van der Waals surface area contributed by atoms with Gasteiger partial charge in [-0.3, -0.25) is 9.36 Å². The second kappa shape index (κ2) is 8.06. The number of benzene rings is 1. The number of para-hydroxylation sites is 1. The van der Waals surface area contributed by atoms with Gasteiger partial charge in [-0.2, -0.15) is 0 Å². The van der Waals surface area contributed by atoms with Gasteiger partial charge >= 0.3 is 0 Å². The van der Waals surface area contributed by atoms with E-state index in [2.05, 4.69) is 19.2 Å². The molecule has 0 fully saturated rings. The Morgan fingerprint density at radius 2 is 2.14 bits per heavy atom. The second-order valence-corrected chi connectivity index (χ2v) is 5.47. The lowest BCUT2D eigenvalue weighted by atomic mass is 10.2. The molecule has 0 saturated heterocycles. The van der Waals surface area contributed by atoms with Gasteiger partial charge in [0.25, 0.3) is 5.56 Å². The first kappa shape index (κ1) is 16.6. The van der Waals surface area contributed by atoms with Crippen LogP contribution in [0.3, 0.4) is 0 Å². The first-order valence-electron chi connectivity index (χ1n) is 7.90. The van der Waals surface area contributed by atoms with Crippen LogP contribution in [0, 0.1) is 0 Å². The molecule has 120 valence electrons. The molecule has 1 N–H and O–H groups in total. The molecule has 1 aromatic carbocycles. The smallest absolute Gasteiger partial charge is 0.261 e. The maximum atomic E-state index is 12.7. The van der Waals surface area contributed by atoms with Gasteiger partial charge < -0.3 is 10.1 Å². The highest BCUT2D eigenvalue weighted by Gasteiger charge is 2.15. The van der Waals surface area contributed by atoms with Crippen molar-refractivity contribution in [3.05, 3.63) is 40.4 Å². The zero-order valence-electron chi connectivity index (χ0n) is 13.6. The van der Waals surface area contributed by atoms with Gasteiger partial charge in [0.15, 0.2) is 0 Å². The minimum atomic E-state index is 0.00166. The van der Waals surface area contributed by atoms with Crippen LogP contribution in [0.15, 0.2) is 29.1 Å². The Morgan fingerprint density at radius 1 is 1.36 bits per heavy atom. The average molecular weight is 303 g/mol. The number of rotatable bonds is 8. The number of nitrogens with zero attached hydrogens (tertiary/aromatic N) is 2. The number of nitrogens with one attached hydrogen (secondary N) is 1. The van der Waals surface area contributed by atoms with Crippen LogP contribution in [-0.4, -0.2) is 29.8 Å². The number of ether oxygens (including phenoxy) is 1. The Balaban J connectivity index is 2.42. The van der Waals surface area contributed by atoms with Crippen molar-refractivity contribution >= 4 is 10.9 Å². The molecule has 5 nitrogen and oxygen atoms in total. The number of unbranched alkanes of at least 4 members (excludes halogenated alkanes) is 1. The van der Waals surface area contributed by atoms with E-state index in [1.165, 1.54) is 0 Å². The molecule has 0 aliphatic rings. The molecule has 0 amide bonds. The summed E-state index contributed by atoms with van der Waals surface area (Å²) in [5.41, 5.74) is 0.752. The number of fused-ring (bicyclic) bond motifs is 1. The topological polar surface area (TPSA) is 56.2 Å². The summed E-state index contributed by atoms with van der Waals surface area (Å²) in [5.74, 6) is 0.775. The Bertz CT molecular complexity index is 666. The van der Waals surface area contributed by atoms with Gasteiger partial charge in [0, 0.05) is 7.11 Å². The van der Waals surface area contributed by atoms with Crippen molar-refractivity contribution in [2.75, 3.05) is 20.3 Å². The first-order chi connectivity index (χ1) is 10.7. The van der Waals surface area contributed by atoms with Gasteiger partial charge in [0.05, 0.1) is 30.1 Å². The Hall–Kier alpha value is -1.72. The molecule has 2 aromatic rings. The Kier molecular flexibility index (Phi) is 6.10. The SMILES string of the molecule is CCCCN[C@H](C)c1nc2ccccc2c(=O)n1CCOC. The van der Waals surface area contributed by atoms with Crippen LogP contribution < -0.4 is 10.9 Å². The van der Waals surface area contributed by atoms with E-state index in [1.807, 2.05) is 24.3 Å². The molecule has 2 rings (SSSR count). The quantitative estimate of drug-likeness (QED) is 0.761. The molecule has 0 spiro atoms. The highest BCUT2D eigenvalue weighted by Crippen LogP contribution is 2.13. The van der Waals surface area contributed by atoms with Crippen LogP contribution in [0.25, 0.3) is 10.9 Å². The van der Waals surface area contributed by atoms with Crippen molar-refractivity contribution in [2.45, 2.75) is 39.3 Å². The predicted molar refractivity (Wildman–Crippen MR) is 89.2 cm³/mol. The monoisotopic (exact) mass is 303 g/mol. The van der Waals surface area contributed by atoms with Crippen LogP contribution in [0.5, 0.6) is 0 Å². The number of hydrogen-bond donors (Lipinski definition) is 1. The van der Waals surface area contributed by atoms with Crippen LogP contribution in [0.1, 0.15) is 38.6 Å². The Labute approximate surface area is 131 Å². The molecule has 0 radical (unpaired) electrons. The average Bonchev–Trinajstić information content (AvgIpc) is 2.54. The minimum Gasteiger partial charge on any atom is -0.383 e. The van der Waals surface area contributed by atoms with Gasteiger partial charge in [-0.15, -0.1) is 0 Å². The molecule has 0 saturated carbocycles. The van der Waals surface area contributed by atoms with Crippen LogP contribution >= 0.6 is 0 Å². The predicted octanol–water partition coefficient (Wildman–Crippen LogP) is 2.49. The molecule has 0 bridgehead atoms. The second-order valence-electron chi connectivity index (χ2n) is 5.47. The van der Waals surface area contributed by atoms with Crippen LogP contribution in [-0.2, 0) is 11.3 Å². The molecule has 1 atom stereocenters. The van der Waals surface area contributed by atoms with Gasteiger partial charge in [-0.25, -0.2) is 4.98 Å². The molecular formula is C17H25N3O2. The number of methoxy groups -OCH3 is 1. The minimum absolute atomic E-state index is 0.00166. The normalized spacial score (nSPS) is 12.7. The van der Waals surface area contributed by atoms with E-state index >= 15 is 0 Å². The van der Waals surface area contributed by atoms with E-state index in [1.54, 1.807) is 11.7 Å². The Morgan fingerprint density at radius 3 is 2.86 bits per heavy atom. The van der Waals surface area contributed by atoms with E-state index < -0.39 is 0 Å². The molecule has 0 unspecified atom stereocenters. The fraction of sp³-hybridized carbons (Fsp3) is 0.529. The van der Waals surface area contributed by atoms with Gasteiger partial charge in [0.2, 0.25) is 0 Å².